The van der Waals surface area contributed by atoms with E-state index in [0.717, 1.165) is 5.69 Å². The van der Waals surface area contributed by atoms with Gasteiger partial charge in [-0.2, -0.15) is 0 Å². The van der Waals surface area contributed by atoms with Crippen LogP contribution in [0.5, 0.6) is 11.5 Å². The van der Waals surface area contributed by atoms with Gasteiger partial charge in [0.15, 0.2) is 0 Å². The SMILES string of the molecule is COc1ccc(NC(=O)C2CC(=O)N(c3ccc(Cl)cc3)C2)c(OC)c1. The lowest BCUT2D eigenvalue weighted by Crippen LogP contribution is -2.28. The molecule has 6 nitrogen and oxygen atoms in total. The fraction of sp³-hybridized carbons (Fsp3) is 0.263. The minimum atomic E-state index is -0.440. The average Bonchev–Trinajstić information content (AvgIpc) is 3.04. The lowest BCUT2D eigenvalue weighted by atomic mass is 10.1. The molecule has 1 unspecified atom stereocenters. The molecule has 2 aromatic rings. The quantitative estimate of drug-likeness (QED) is 0.871. The molecule has 136 valence electrons. The van der Waals surface area contributed by atoms with Crippen molar-refractivity contribution >= 4 is 34.8 Å². The van der Waals surface area contributed by atoms with Crippen molar-refractivity contribution in [3.05, 3.63) is 47.5 Å². The molecule has 2 aromatic carbocycles. The van der Waals surface area contributed by atoms with E-state index in [4.69, 9.17) is 21.1 Å². The van der Waals surface area contributed by atoms with Crippen LogP contribution < -0.4 is 19.7 Å². The van der Waals surface area contributed by atoms with Crippen molar-refractivity contribution in [3.63, 3.8) is 0 Å². The van der Waals surface area contributed by atoms with E-state index in [1.54, 1.807) is 54.5 Å². The van der Waals surface area contributed by atoms with E-state index in [1.807, 2.05) is 0 Å². The van der Waals surface area contributed by atoms with Crippen LogP contribution in [0.15, 0.2) is 42.5 Å². The van der Waals surface area contributed by atoms with Crippen LogP contribution in [-0.2, 0) is 9.59 Å². The number of amides is 2. The Morgan fingerprint density at radius 1 is 1.15 bits per heavy atom. The van der Waals surface area contributed by atoms with Gasteiger partial charge in [0.2, 0.25) is 11.8 Å². The number of nitrogens with zero attached hydrogens (tertiary/aromatic N) is 1. The highest BCUT2D eigenvalue weighted by molar-refractivity contribution is 6.30. The Hall–Kier alpha value is -2.73. The highest BCUT2D eigenvalue weighted by Gasteiger charge is 2.35. The summed E-state index contributed by atoms with van der Waals surface area (Å²) in [4.78, 5) is 26.5. The third kappa shape index (κ3) is 3.75. The van der Waals surface area contributed by atoms with Crippen LogP contribution in [0.3, 0.4) is 0 Å². The molecule has 1 heterocycles. The van der Waals surface area contributed by atoms with Gasteiger partial charge in [0.1, 0.15) is 11.5 Å². The first-order valence-corrected chi connectivity index (χ1v) is 8.48. The molecule has 0 spiro atoms. The van der Waals surface area contributed by atoms with Gasteiger partial charge in [-0.05, 0) is 36.4 Å². The van der Waals surface area contributed by atoms with Crippen LogP contribution in [0.2, 0.25) is 5.02 Å². The third-order valence-corrected chi connectivity index (χ3v) is 4.55. The summed E-state index contributed by atoms with van der Waals surface area (Å²) in [6.45, 7) is 0.324. The number of carbonyl (C=O) groups is 2. The van der Waals surface area contributed by atoms with Gasteiger partial charge in [0, 0.05) is 29.7 Å². The molecule has 0 radical (unpaired) electrons. The Bertz CT molecular complexity index is 823. The molecule has 26 heavy (non-hydrogen) atoms. The first-order chi connectivity index (χ1) is 12.5. The number of rotatable bonds is 5. The highest BCUT2D eigenvalue weighted by atomic mass is 35.5. The number of ether oxygens (including phenoxy) is 2. The first-order valence-electron chi connectivity index (χ1n) is 8.10. The number of hydrogen-bond donors (Lipinski definition) is 1. The molecule has 0 saturated carbocycles. The molecule has 1 atom stereocenters. The Balaban J connectivity index is 1.71. The van der Waals surface area contributed by atoms with Crippen LogP contribution in [0.4, 0.5) is 11.4 Å². The van der Waals surface area contributed by atoms with Gasteiger partial charge in [-0.1, -0.05) is 11.6 Å². The number of methoxy groups -OCH3 is 2. The zero-order valence-electron chi connectivity index (χ0n) is 14.5. The van der Waals surface area contributed by atoms with Crippen molar-refractivity contribution in [2.24, 2.45) is 5.92 Å². The van der Waals surface area contributed by atoms with Crippen LogP contribution >= 0.6 is 11.6 Å². The number of nitrogens with one attached hydrogen (secondary N) is 1. The van der Waals surface area contributed by atoms with Crippen molar-refractivity contribution in [2.45, 2.75) is 6.42 Å². The zero-order valence-corrected chi connectivity index (χ0v) is 15.2. The fourth-order valence-electron chi connectivity index (χ4n) is 2.89. The molecule has 2 amide bonds. The number of hydrogen-bond acceptors (Lipinski definition) is 4. The average molecular weight is 375 g/mol. The summed E-state index contributed by atoms with van der Waals surface area (Å²) in [6.07, 6.45) is 0.160. The van der Waals surface area contributed by atoms with Gasteiger partial charge < -0.3 is 19.7 Å². The number of benzene rings is 2. The molecule has 1 fully saturated rings. The van der Waals surface area contributed by atoms with E-state index >= 15 is 0 Å². The smallest absolute Gasteiger partial charge is 0.229 e. The Kier molecular flexibility index (Phi) is 5.32. The van der Waals surface area contributed by atoms with Gasteiger partial charge in [-0.15, -0.1) is 0 Å². The summed E-state index contributed by atoms with van der Waals surface area (Å²) in [5.74, 6) is 0.374. The van der Waals surface area contributed by atoms with Crippen LogP contribution in [0, 0.1) is 5.92 Å². The van der Waals surface area contributed by atoms with Crippen LogP contribution in [0.25, 0.3) is 0 Å². The first kappa shape index (κ1) is 18.1. The van der Waals surface area contributed by atoms with Gasteiger partial charge in [-0.25, -0.2) is 0 Å². The van der Waals surface area contributed by atoms with Crippen molar-refractivity contribution in [3.8, 4) is 11.5 Å². The molecule has 1 aliphatic heterocycles. The minimum absolute atomic E-state index is 0.0887. The molecule has 1 saturated heterocycles. The van der Waals surface area contributed by atoms with E-state index in [2.05, 4.69) is 5.32 Å². The van der Waals surface area contributed by atoms with E-state index in [-0.39, 0.29) is 18.2 Å². The Morgan fingerprint density at radius 2 is 1.88 bits per heavy atom. The molecule has 0 aliphatic carbocycles. The van der Waals surface area contributed by atoms with E-state index in [0.29, 0.717) is 28.8 Å². The molecule has 0 aromatic heterocycles. The molecule has 1 N–H and O–H groups in total. The maximum Gasteiger partial charge on any atom is 0.229 e. The normalized spacial score (nSPS) is 16.5. The van der Waals surface area contributed by atoms with Gasteiger partial charge in [0.05, 0.1) is 25.8 Å². The predicted molar refractivity (Wildman–Crippen MR) is 100 cm³/mol. The highest BCUT2D eigenvalue weighted by Crippen LogP contribution is 2.31. The molecular formula is C19H19ClN2O4. The summed E-state index contributed by atoms with van der Waals surface area (Å²) in [5, 5.41) is 3.44. The minimum Gasteiger partial charge on any atom is -0.497 e. The van der Waals surface area contributed by atoms with Gasteiger partial charge >= 0.3 is 0 Å². The van der Waals surface area contributed by atoms with Crippen LogP contribution in [-0.4, -0.2) is 32.6 Å². The van der Waals surface area contributed by atoms with E-state index in [1.165, 1.54) is 7.11 Å². The summed E-state index contributed by atoms with van der Waals surface area (Å²) in [5.41, 5.74) is 1.27. The molecular weight excluding hydrogens is 356 g/mol. The van der Waals surface area contributed by atoms with Gasteiger partial charge in [0.25, 0.3) is 0 Å². The summed E-state index contributed by atoms with van der Waals surface area (Å²) >= 11 is 5.89. The second-order valence-corrected chi connectivity index (χ2v) is 6.37. The van der Waals surface area contributed by atoms with Crippen molar-refractivity contribution < 1.29 is 19.1 Å². The monoisotopic (exact) mass is 374 g/mol. The number of halogens is 1. The molecule has 0 bridgehead atoms. The second kappa shape index (κ2) is 7.66. The topological polar surface area (TPSA) is 67.9 Å². The van der Waals surface area contributed by atoms with Crippen molar-refractivity contribution in [1.29, 1.82) is 0 Å². The van der Waals surface area contributed by atoms with E-state index in [9.17, 15) is 9.59 Å². The van der Waals surface area contributed by atoms with Crippen LogP contribution in [0.1, 0.15) is 6.42 Å². The Morgan fingerprint density at radius 3 is 2.54 bits per heavy atom. The van der Waals surface area contributed by atoms with Crippen molar-refractivity contribution in [2.75, 3.05) is 31.0 Å². The standard InChI is InChI=1S/C19H19ClN2O4/c1-25-15-7-8-16(17(10-15)26-2)21-19(24)12-9-18(23)22(11-12)14-5-3-13(20)4-6-14/h3-8,10,12H,9,11H2,1-2H3,(H,21,24). The largest absolute Gasteiger partial charge is 0.497 e. The molecule has 1 aliphatic rings. The zero-order chi connectivity index (χ0) is 18.7. The summed E-state index contributed by atoms with van der Waals surface area (Å²) in [7, 11) is 3.08. The van der Waals surface area contributed by atoms with E-state index < -0.39 is 5.92 Å². The molecule has 7 heteroatoms. The van der Waals surface area contributed by atoms with Gasteiger partial charge in [-0.3, -0.25) is 9.59 Å². The fourth-order valence-corrected chi connectivity index (χ4v) is 3.02. The summed E-state index contributed by atoms with van der Waals surface area (Å²) in [6, 6.07) is 12.1. The third-order valence-electron chi connectivity index (χ3n) is 4.30. The number of carbonyl (C=O) groups excluding carboxylic acids is 2. The summed E-state index contributed by atoms with van der Waals surface area (Å²) < 4.78 is 10.4. The maximum absolute atomic E-state index is 12.6. The maximum atomic E-state index is 12.6. The number of anilines is 2. The Labute approximate surface area is 156 Å². The van der Waals surface area contributed by atoms with Crippen molar-refractivity contribution in [1.82, 2.24) is 0 Å². The second-order valence-electron chi connectivity index (χ2n) is 5.94. The lowest BCUT2D eigenvalue weighted by molar-refractivity contribution is -0.122. The lowest BCUT2D eigenvalue weighted by Gasteiger charge is -2.17. The molecule has 3 rings (SSSR count). The predicted octanol–water partition coefficient (Wildman–Crippen LogP) is 3.35.